The van der Waals surface area contributed by atoms with Crippen molar-refractivity contribution in [3.8, 4) is 0 Å². The van der Waals surface area contributed by atoms with Crippen LogP contribution in [0.4, 0.5) is 0 Å². The Morgan fingerprint density at radius 2 is 2.33 bits per heavy atom. The number of aromatic nitrogens is 1. The van der Waals surface area contributed by atoms with Gasteiger partial charge in [-0.15, -0.1) is 0 Å². The Labute approximate surface area is 122 Å². The number of primary amides is 1. The molecule has 0 spiro atoms. The van der Waals surface area contributed by atoms with Crippen LogP contribution in [-0.4, -0.2) is 40.5 Å². The second-order valence-electron chi connectivity index (χ2n) is 6.04. The number of carbonyl (C=O) groups excluding carboxylic acids is 1. The third kappa shape index (κ3) is 1.56. The molecule has 1 aliphatic carbocycles. The molecular weight excluding hydrogens is 266 g/mol. The zero-order valence-corrected chi connectivity index (χ0v) is 11.8. The summed E-state index contributed by atoms with van der Waals surface area (Å²) in [7, 11) is 1.92. The predicted molar refractivity (Wildman–Crippen MR) is 79.6 cm³/mol. The number of likely N-dealkylation sites (N-methyl/N-ethyl adjacent to an activating group) is 1. The fourth-order valence-electron chi connectivity index (χ4n) is 3.80. The second-order valence-corrected chi connectivity index (χ2v) is 6.04. The van der Waals surface area contributed by atoms with Gasteiger partial charge in [0.1, 0.15) is 5.60 Å². The van der Waals surface area contributed by atoms with Crippen LogP contribution >= 0.6 is 0 Å². The highest BCUT2D eigenvalue weighted by Crippen LogP contribution is 2.44. The smallest absolute Gasteiger partial charge is 0.245 e. The lowest BCUT2D eigenvalue weighted by atomic mass is 9.73. The van der Waals surface area contributed by atoms with Crippen LogP contribution in [0.3, 0.4) is 0 Å². The van der Waals surface area contributed by atoms with Crippen molar-refractivity contribution in [2.24, 2.45) is 5.73 Å². The van der Waals surface area contributed by atoms with Gasteiger partial charge >= 0.3 is 0 Å². The van der Waals surface area contributed by atoms with Crippen LogP contribution in [0.15, 0.2) is 36.0 Å². The third-order valence-electron chi connectivity index (χ3n) is 4.80. The first-order valence-electron chi connectivity index (χ1n) is 7.04. The molecule has 0 fully saturated rings. The Morgan fingerprint density at radius 3 is 3.10 bits per heavy atom. The average Bonchev–Trinajstić information content (AvgIpc) is 2.85. The number of benzene rings is 1. The summed E-state index contributed by atoms with van der Waals surface area (Å²) in [5, 5.41) is 12.4. The molecule has 0 bridgehead atoms. The molecule has 5 heteroatoms. The fourth-order valence-corrected chi connectivity index (χ4v) is 3.80. The first kappa shape index (κ1) is 12.6. The van der Waals surface area contributed by atoms with Crippen molar-refractivity contribution >= 4 is 16.8 Å². The first-order valence-corrected chi connectivity index (χ1v) is 7.04. The number of aromatic amines is 1. The zero-order valence-electron chi connectivity index (χ0n) is 11.8. The van der Waals surface area contributed by atoms with E-state index in [1.54, 1.807) is 6.08 Å². The molecule has 1 amide bonds. The summed E-state index contributed by atoms with van der Waals surface area (Å²) in [5.74, 6) is -0.472. The summed E-state index contributed by atoms with van der Waals surface area (Å²) < 4.78 is 0. The van der Waals surface area contributed by atoms with Crippen LogP contribution in [0.5, 0.6) is 0 Å². The monoisotopic (exact) mass is 283 g/mol. The Hall–Kier alpha value is -2.11. The molecule has 2 aliphatic rings. The topological polar surface area (TPSA) is 82.3 Å². The van der Waals surface area contributed by atoms with Gasteiger partial charge in [-0.3, -0.25) is 9.69 Å². The molecule has 4 rings (SSSR count). The summed E-state index contributed by atoms with van der Waals surface area (Å²) in [6.45, 7) is 0.470. The second kappa shape index (κ2) is 3.96. The lowest BCUT2D eigenvalue weighted by Gasteiger charge is -2.46. The number of nitrogens with two attached hydrogens (primary N) is 1. The quantitative estimate of drug-likeness (QED) is 0.718. The molecule has 2 aromatic rings. The minimum Gasteiger partial charge on any atom is -0.379 e. The molecule has 2 heterocycles. The number of amides is 1. The van der Waals surface area contributed by atoms with E-state index in [0.29, 0.717) is 12.1 Å². The largest absolute Gasteiger partial charge is 0.379 e. The molecular formula is C16H17N3O2. The summed E-state index contributed by atoms with van der Waals surface area (Å²) >= 11 is 0. The lowest BCUT2D eigenvalue weighted by molar-refractivity contribution is -0.115. The maximum Gasteiger partial charge on any atom is 0.245 e. The maximum atomic E-state index is 11.6. The van der Waals surface area contributed by atoms with E-state index in [4.69, 9.17) is 5.73 Å². The molecule has 1 aromatic heterocycles. The van der Waals surface area contributed by atoms with Gasteiger partial charge in [0.2, 0.25) is 5.91 Å². The highest BCUT2D eigenvalue weighted by atomic mass is 16.3. The van der Waals surface area contributed by atoms with E-state index in [2.05, 4.69) is 4.98 Å². The molecule has 0 unspecified atom stereocenters. The van der Waals surface area contributed by atoms with E-state index in [9.17, 15) is 9.90 Å². The minimum absolute atomic E-state index is 0.0884. The molecule has 1 aliphatic heterocycles. The normalized spacial score (nSPS) is 28.3. The van der Waals surface area contributed by atoms with Crippen LogP contribution in [-0.2, 0) is 16.8 Å². The zero-order chi connectivity index (χ0) is 14.8. The average molecular weight is 283 g/mol. The van der Waals surface area contributed by atoms with Crippen molar-refractivity contribution in [1.82, 2.24) is 9.88 Å². The van der Waals surface area contributed by atoms with Crippen LogP contribution in [0.1, 0.15) is 11.1 Å². The number of carbonyl (C=O) groups is 1. The van der Waals surface area contributed by atoms with Crippen molar-refractivity contribution in [2.45, 2.75) is 18.1 Å². The van der Waals surface area contributed by atoms with E-state index in [1.807, 2.05) is 36.3 Å². The Balaban J connectivity index is 2.02. The first-order chi connectivity index (χ1) is 10.0. The molecule has 0 saturated carbocycles. The van der Waals surface area contributed by atoms with Gasteiger partial charge in [-0.2, -0.15) is 0 Å². The van der Waals surface area contributed by atoms with Gasteiger partial charge in [0, 0.05) is 29.2 Å². The maximum absolute atomic E-state index is 11.6. The van der Waals surface area contributed by atoms with Gasteiger partial charge in [-0.05, 0) is 36.7 Å². The molecule has 5 nitrogen and oxygen atoms in total. The van der Waals surface area contributed by atoms with Crippen molar-refractivity contribution < 1.29 is 9.90 Å². The highest BCUT2D eigenvalue weighted by molar-refractivity contribution is 5.94. The molecule has 0 radical (unpaired) electrons. The number of hydrogen-bond donors (Lipinski definition) is 3. The van der Waals surface area contributed by atoms with Crippen LogP contribution in [0.2, 0.25) is 0 Å². The summed E-state index contributed by atoms with van der Waals surface area (Å²) in [6.07, 6.45) is 4.41. The van der Waals surface area contributed by atoms with E-state index in [-0.39, 0.29) is 6.04 Å². The van der Waals surface area contributed by atoms with E-state index >= 15 is 0 Å². The molecule has 21 heavy (non-hydrogen) atoms. The van der Waals surface area contributed by atoms with Gasteiger partial charge < -0.3 is 15.8 Å². The van der Waals surface area contributed by atoms with Gasteiger partial charge in [-0.25, -0.2) is 0 Å². The Kier molecular flexibility index (Phi) is 2.38. The number of nitrogens with zero attached hydrogens (tertiary/aromatic N) is 1. The molecule has 108 valence electrons. The lowest BCUT2D eigenvalue weighted by Crippen LogP contribution is -2.55. The summed E-state index contributed by atoms with van der Waals surface area (Å²) in [4.78, 5) is 16.8. The van der Waals surface area contributed by atoms with Crippen molar-refractivity contribution in [3.63, 3.8) is 0 Å². The third-order valence-corrected chi connectivity index (χ3v) is 4.80. The number of H-pyrrole nitrogens is 1. The molecule has 2 atom stereocenters. The fraction of sp³-hybridized carbons (Fsp3) is 0.312. The number of rotatable bonds is 1. The summed E-state index contributed by atoms with van der Waals surface area (Å²) in [5.41, 5.74) is 7.78. The van der Waals surface area contributed by atoms with Crippen molar-refractivity contribution in [3.05, 3.63) is 47.2 Å². The van der Waals surface area contributed by atoms with Gasteiger partial charge in [0.05, 0.1) is 6.04 Å². The van der Waals surface area contributed by atoms with Crippen molar-refractivity contribution in [2.75, 3.05) is 13.6 Å². The van der Waals surface area contributed by atoms with Crippen LogP contribution in [0, 0.1) is 0 Å². The van der Waals surface area contributed by atoms with E-state index < -0.39 is 11.5 Å². The minimum atomic E-state index is -1.17. The van der Waals surface area contributed by atoms with Gasteiger partial charge in [0.15, 0.2) is 0 Å². The number of fused-ring (bicyclic) bond motifs is 2. The molecule has 0 saturated heterocycles. The van der Waals surface area contributed by atoms with E-state index in [0.717, 1.165) is 22.9 Å². The number of aliphatic hydroxyl groups is 1. The Bertz CT molecular complexity index is 792. The predicted octanol–water partition coefficient (Wildman–Crippen LogP) is 0.637. The van der Waals surface area contributed by atoms with Crippen LogP contribution in [0.25, 0.3) is 10.9 Å². The van der Waals surface area contributed by atoms with Gasteiger partial charge in [0.25, 0.3) is 0 Å². The summed E-state index contributed by atoms with van der Waals surface area (Å²) in [6, 6.07) is 5.76. The van der Waals surface area contributed by atoms with Gasteiger partial charge in [-0.1, -0.05) is 12.1 Å². The standard InChI is InChI=1S/C16H17N3O2/c1-19-8-10(15(17)20)6-16(21)11-3-2-4-12-14(11)9(7-18-12)5-13(16)19/h2-4,6-7,13,18,21H,5,8H2,1H3,(H2,17,20)/t13-,16+/m1/s1. The van der Waals surface area contributed by atoms with Crippen LogP contribution < -0.4 is 5.73 Å². The molecule has 1 aromatic carbocycles. The SMILES string of the molecule is CN1CC(C(N)=O)=C[C@]2(O)c3cccc4[nH]cc(c34)C[C@@H]12. The molecule has 4 N–H and O–H groups in total. The highest BCUT2D eigenvalue weighted by Gasteiger charge is 2.47. The number of nitrogens with one attached hydrogen (secondary N) is 1. The Morgan fingerprint density at radius 1 is 1.52 bits per heavy atom. The number of hydrogen-bond acceptors (Lipinski definition) is 3. The van der Waals surface area contributed by atoms with E-state index in [1.165, 1.54) is 5.56 Å². The van der Waals surface area contributed by atoms with Crippen molar-refractivity contribution in [1.29, 1.82) is 0 Å².